The maximum atomic E-state index is 12.7. The molecule has 0 radical (unpaired) electrons. The molecule has 1 N–H and O–H groups in total. The van der Waals surface area contributed by atoms with E-state index in [1.807, 2.05) is 7.05 Å². The number of hydrogen-bond acceptors (Lipinski definition) is 3. The number of urea groups is 1. The molecule has 1 saturated heterocycles. The van der Waals surface area contributed by atoms with Crippen molar-refractivity contribution in [2.24, 2.45) is 11.3 Å². The van der Waals surface area contributed by atoms with Gasteiger partial charge >= 0.3 is 6.03 Å². The normalized spacial score (nSPS) is 27.8. The lowest BCUT2D eigenvalue weighted by atomic mass is 9.57. The maximum absolute atomic E-state index is 12.7. The highest BCUT2D eigenvalue weighted by Gasteiger charge is 2.61. The molecule has 1 saturated carbocycles. The van der Waals surface area contributed by atoms with E-state index >= 15 is 0 Å². The zero-order valence-electron chi connectivity index (χ0n) is 13.9. The summed E-state index contributed by atoms with van der Waals surface area (Å²) in [6.07, 6.45) is 1.26. The lowest BCUT2D eigenvalue weighted by Crippen LogP contribution is -2.67. The molecule has 3 atom stereocenters. The summed E-state index contributed by atoms with van der Waals surface area (Å²) in [6, 6.07) is 5.31. The van der Waals surface area contributed by atoms with Crippen LogP contribution in [0.4, 0.5) is 10.5 Å². The molecule has 0 aromatic heterocycles. The van der Waals surface area contributed by atoms with Gasteiger partial charge in [0, 0.05) is 31.0 Å². The van der Waals surface area contributed by atoms with Crippen LogP contribution in [0.15, 0.2) is 18.2 Å². The highest BCUT2D eigenvalue weighted by atomic mass is 35.5. The van der Waals surface area contributed by atoms with Crippen LogP contribution in [-0.4, -0.2) is 43.8 Å². The predicted octanol–water partition coefficient (Wildman–Crippen LogP) is 3.63. The average Bonchev–Trinajstić information content (AvgIpc) is 2.93. The number of anilines is 1. The van der Waals surface area contributed by atoms with Gasteiger partial charge in [0.05, 0.1) is 23.9 Å². The van der Waals surface area contributed by atoms with Crippen LogP contribution in [-0.2, 0) is 4.74 Å². The summed E-state index contributed by atoms with van der Waals surface area (Å²) >= 11 is 6.11. The van der Waals surface area contributed by atoms with Gasteiger partial charge in [0.1, 0.15) is 0 Å². The van der Waals surface area contributed by atoms with Crippen LogP contribution < -0.4 is 10.1 Å². The van der Waals surface area contributed by atoms with Crippen LogP contribution in [0.1, 0.15) is 20.3 Å². The Morgan fingerprint density at radius 2 is 2.22 bits per heavy atom. The molecule has 6 heteroatoms. The Morgan fingerprint density at radius 1 is 1.48 bits per heavy atom. The van der Waals surface area contributed by atoms with E-state index < -0.39 is 0 Å². The summed E-state index contributed by atoms with van der Waals surface area (Å²) in [5, 5.41) is 3.38. The van der Waals surface area contributed by atoms with Gasteiger partial charge < -0.3 is 19.7 Å². The van der Waals surface area contributed by atoms with Crippen molar-refractivity contribution < 1.29 is 14.3 Å². The fourth-order valence-corrected chi connectivity index (χ4v) is 4.48. The lowest BCUT2D eigenvalue weighted by Gasteiger charge is -2.57. The number of amides is 2. The third-order valence-electron chi connectivity index (χ3n) is 5.19. The van der Waals surface area contributed by atoms with Gasteiger partial charge in [-0.3, -0.25) is 0 Å². The fraction of sp³-hybridized carbons (Fsp3) is 0.588. The summed E-state index contributed by atoms with van der Waals surface area (Å²) in [5.41, 5.74) is 0.541. The summed E-state index contributed by atoms with van der Waals surface area (Å²) in [6.45, 7) is 5.11. The quantitative estimate of drug-likeness (QED) is 0.915. The molecular formula is C17H23ClN2O3. The van der Waals surface area contributed by atoms with Gasteiger partial charge in [-0.2, -0.15) is 0 Å². The number of rotatable bonds is 3. The fourth-order valence-electron chi connectivity index (χ4n) is 4.23. The summed E-state index contributed by atoms with van der Waals surface area (Å²) in [7, 11) is 3.38. The minimum Gasteiger partial charge on any atom is -0.493 e. The van der Waals surface area contributed by atoms with Crippen molar-refractivity contribution in [3.8, 4) is 5.75 Å². The first-order valence-electron chi connectivity index (χ1n) is 7.86. The van der Waals surface area contributed by atoms with E-state index in [4.69, 9.17) is 21.1 Å². The molecule has 2 fully saturated rings. The van der Waals surface area contributed by atoms with Crippen LogP contribution in [0.25, 0.3) is 0 Å². The molecule has 0 bridgehead atoms. The Morgan fingerprint density at radius 3 is 2.91 bits per heavy atom. The van der Waals surface area contributed by atoms with E-state index in [-0.39, 0.29) is 23.6 Å². The van der Waals surface area contributed by atoms with Gasteiger partial charge in [-0.1, -0.05) is 31.5 Å². The zero-order chi connectivity index (χ0) is 16.8. The molecule has 5 nitrogen and oxygen atoms in total. The molecule has 3 rings (SSSR count). The van der Waals surface area contributed by atoms with Gasteiger partial charge in [0.25, 0.3) is 0 Å². The number of methoxy groups -OCH3 is 1. The van der Waals surface area contributed by atoms with Gasteiger partial charge in [-0.05, 0) is 18.6 Å². The molecule has 23 heavy (non-hydrogen) atoms. The Bertz CT molecular complexity index is 620. The first-order valence-corrected chi connectivity index (χ1v) is 8.23. The highest BCUT2D eigenvalue weighted by molar-refractivity contribution is 6.32. The number of carbonyl (C=O) groups is 1. The van der Waals surface area contributed by atoms with Gasteiger partial charge in [0.2, 0.25) is 0 Å². The smallest absolute Gasteiger partial charge is 0.321 e. The molecule has 2 amide bonds. The monoisotopic (exact) mass is 338 g/mol. The number of fused-ring (bicyclic) bond motifs is 1. The molecule has 1 heterocycles. The van der Waals surface area contributed by atoms with E-state index in [1.54, 1.807) is 23.1 Å². The Labute approximate surface area is 141 Å². The number of nitrogens with one attached hydrogen (secondary N) is 1. The summed E-state index contributed by atoms with van der Waals surface area (Å²) in [5.74, 6) is 0.896. The topological polar surface area (TPSA) is 50.8 Å². The minimum atomic E-state index is -0.158. The molecule has 1 aliphatic heterocycles. The Hall–Kier alpha value is -1.46. The average molecular weight is 339 g/mol. The maximum Gasteiger partial charge on any atom is 0.321 e. The zero-order valence-corrected chi connectivity index (χ0v) is 14.7. The largest absolute Gasteiger partial charge is 0.493 e. The third kappa shape index (κ3) is 2.56. The van der Waals surface area contributed by atoms with Crippen molar-refractivity contribution in [3.63, 3.8) is 0 Å². The van der Waals surface area contributed by atoms with Crippen molar-refractivity contribution in [2.45, 2.75) is 32.4 Å². The predicted molar refractivity (Wildman–Crippen MR) is 90.2 cm³/mol. The van der Waals surface area contributed by atoms with Crippen LogP contribution in [0.5, 0.6) is 5.75 Å². The first kappa shape index (κ1) is 16.4. The third-order valence-corrected chi connectivity index (χ3v) is 5.49. The second-order valence-corrected chi connectivity index (χ2v) is 7.28. The second kappa shape index (κ2) is 5.87. The van der Waals surface area contributed by atoms with Gasteiger partial charge in [-0.15, -0.1) is 0 Å². The SMILES string of the molecule is COc1c(Cl)cccc1NC(=O)N(C)[C@@H]1[C@@H]2CCO[C@@H]2C1(C)C. The van der Waals surface area contributed by atoms with Crippen molar-refractivity contribution in [3.05, 3.63) is 23.2 Å². The van der Waals surface area contributed by atoms with Gasteiger partial charge in [-0.25, -0.2) is 4.79 Å². The van der Waals surface area contributed by atoms with Crippen molar-refractivity contribution in [1.29, 1.82) is 0 Å². The summed E-state index contributed by atoms with van der Waals surface area (Å²) < 4.78 is 11.1. The second-order valence-electron chi connectivity index (χ2n) is 6.87. The highest BCUT2D eigenvalue weighted by Crippen LogP contribution is 2.54. The number of para-hydroxylation sites is 1. The van der Waals surface area contributed by atoms with Crippen LogP contribution >= 0.6 is 11.6 Å². The Kier molecular flexibility index (Phi) is 4.19. The van der Waals surface area contributed by atoms with Crippen LogP contribution in [0.3, 0.4) is 0 Å². The van der Waals surface area contributed by atoms with Crippen molar-refractivity contribution in [2.75, 3.05) is 26.1 Å². The minimum absolute atomic E-state index is 0.0360. The number of carbonyl (C=O) groups excluding carboxylic acids is 1. The van der Waals surface area contributed by atoms with E-state index in [9.17, 15) is 4.79 Å². The Balaban J connectivity index is 1.75. The van der Waals surface area contributed by atoms with E-state index in [2.05, 4.69) is 19.2 Å². The van der Waals surface area contributed by atoms with E-state index in [1.165, 1.54) is 7.11 Å². The lowest BCUT2D eigenvalue weighted by molar-refractivity contribution is -0.137. The van der Waals surface area contributed by atoms with Gasteiger partial charge in [0.15, 0.2) is 5.75 Å². The molecule has 1 aromatic carbocycles. The molecule has 2 aliphatic rings. The number of hydrogen-bond donors (Lipinski definition) is 1. The van der Waals surface area contributed by atoms with Crippen LogP contribution in [0, 0.1) is 11.3 Å². The number of nitrogens with zero attached hydrogens (tertiary/aromatic N) is 1. The molecule has 1 aliphatic carbocycles. The van der Waals surface area contributed by atoms with E-state index in [0.29, 0.717) is 22.4 Å². The molecule has 1 aromatic rings. The summed E-state index contributed by atoms with van der Waals surface area (Å²) in [4.78, 5) is 14.5. The first-order chi connectivity index (χ1) is 10.9. The van der Waals surface area contributed by atoms with Crippen molar-refractivity contribution >= 4 is 23.3 Å². The molecular weight excluding hydrogens is 316 g/mol. The standard InChI is InChI=1S/C17H23ClN2O3/c1-17(2)14(10-8-9-23-15(10)17)20(3)16(21)19-12-7-5-6-11(18)13(12)22-4/h5-7,10,14-15H,8-9H2,1-4H3,(H,19,21)/t10-,14+,15-/m0/s1. The molecule has 0 spiro atoms. The number of halogens is 1. The van der Waals surface area contributed by atoms with Crippen molar-refractivity contribution in [1.82, 2.24) is 4.90 Å². The number of benzene rings is 1. The number of ether oxygens (including phenoxy) is 2. The van der Waals surface area contributed by atoms with E-state index in [0.717, 1.165) is 13.0 Å². The molecule has 0 unspecified atom stereocenters. The molecule has 126 valence electrons. The van der Waals surface area contributed by atoms with Crippen LogP contribution in [0.2, 0.25) is 5.02 Å².